The van der Waals surface area contributed by atoms with E-state index in [0.29, 0.717) is 26.1 Å². The van der Waals surface area contributed by atoms with Gasteiger partial charge in [0.05, 0.1) is 27.2 Å². The van der Waals surface area contributed by atoms with Crippen LogP contribution in [0.2, 0.25) is 5.82 Å². The van der Waals surface area contributed by atoms with Crippen LogP contribution in [0.15, 0.2) is 5.11 Å². The van der Waals surface area contributed by atoms with Crippen LogP contribution >= 0.6 is 7.60 Å². The van der Waals surface area contributed by atoms with Crippen LogP contribution in [-0.2, 0) is 13.6 Å². The Morgan fingerprint density at radius 2 is 2.00 bits per heavy atom. The van der Waals surface area contributed by atoms with Gasteiger partial charge < -0.3 is 9.05 Å². The van der Waals surface area contributed by atoms with E-state index >= 15 is 0 Å². The molecule has 6 nitrogen and oxygen atoms in total. The molecule has 1 saturated carbocycles. The lowest BCUT2D eigenvalue weighted by molar-refractivity contribution is 0.215. The third-order valence-electron chi connectivity index (χ3n) is 3.00. The molecule has 3 unspecified atom stereocenters. The van der Waals surface area contributed by atoms with Crippen molar-refractivity contribution >= 4 is 15.4 Å². The molecule has 8 heteroatoms. The first kappa shape index (κ1) is 15.6. The molecule has 3 atom stereocenters. The van der Waals surface area contributed by atoms with Gasteiger partial charge in [-0.25, -0.2) is 0 Å². The van der Waals surface area contributed by atoms with Crippen LogP contribution in [0.5, 0.6) is 0 Å². The van der Waals surface area contributed by atoms with Crippen molar-refractivity contribution in [3.8, 4) is 0 Å². The Bertz CT molecular complexity index is 352. The van der Waals surface area contributed by atoms with Crippen LogP contribution in [0.1, 0.15) is 26.7 Å². The van der Waals surface area contributed by atoms with Gasteiger partial charge in [-0.2, -0.15) is 0 Å². The van der Waals surface area contributed by atoms with Gasteiger partial charge in [0.15, 0.2) is 0 Å². The van der Waals surface area contributed by atoms with Crippen LogP contribution < -0.4 is 0 Å². The molecule has 0 aromatic heterocycles. The molecule has 0 bridgehead atoms. The summed E-state index contributed by atoms with van der Waals surface area (Å²) >= 11 is 0. The average Bonchev–Trinajstić information content (AvgIpc) is 2.59. The minimum absolute atomic E-state index is 0.0118. The highest BCUT2D eigenvalue weighted by molar-refractivity contribution is 7.53. The highest BCUT2D eigenvalue weighted by Crippen LogP contribution is 2.53. The first-order chi connectivity index (χ1) is 8.54. The molecule has 0 aromatic carbocycles. The van der Waals surface area contributed by atoms with Gasteiger partial charge >= 0.3 is 7.60 Å². The van der Waals surface area contributed by atoms with E-state index in [1.807, 2.05) is 0 Å². The first-order valence-electron chi connectivity index (χ1n) is 6.22. The molecule has 0 amide bonds. The number of azide groups is 1. The second-order valence-electron chi connectivity index (χ2n) is 4.39. The van der Waals surface area contributed by atoms with Gasteiger partial charge in [0, 0.05) is 11.0 Å². The third kappa shape index (κ3) is 4.32. The van der Waals surface area contributed by atoms with Crippen molar-refractivity contribution in [3.63, 3.8) is 0 Å². The van der Waals surface area contributed by atoms with Crippen LogP contribution in [0.3, 0.4) is 0 Å². The molecule has 100 valence electrons. The van der Waals surface area contributed by atoms with Crippen molar-refractivity contribution in [2.45, 2.75) is 38.5 Å². The number of hydrogen-bond donors (Lipinski definition) is 0. The molecule has 0 aliphatic heterocycles. The summed E-state index contributed by atoms with van der Waals surface area (Å²) in [6.45, 7) is 4.22. The van der Waals surface area contributed by atoms with Crippen molar-refractivity contribution in [1.82, 2.24) is 0 Å². The Balaban J connectivity index is 2.73. The Hall–Kier alpha value is -0.475. The molecular weight excluding hydrogens is 252 g/mol. The van der Waals surface area contributed by atoms with Crippen LogP contribution in [-0.4, -0.2) is 33.3 Å². The fraction of sp³-hybridized carbons (Fsp3) is 1.00. The zero-order valence-electron chi connectivity index (χ0n) is 10.9. The quantitative estimate of drug-likeness (QED) is 0.234. The molecular formula is C10H19BN3O3P. The summed E-state index contributed by atoms with van der Waals surface area (Å²) in [6, 6.07) is -0.209. The summed E-state index contributed by atoms with van der Waals surface area (Å²) in [7, 11) is 2.76. The van der Waals surface area contributed by atoms with Gasteiger partial charge in [0.1, 0.15) is 0 Å². The second-order valence-corrected chi connectivity index (χ2v) is 6.50. The van der Waals surface area contributed by atoms with E-state index < -0.39 is 7.60 Å². The molecule has 0 spiro atoms. The molecule has 1 fully saturated rings. The zero-order chi connectivity index (χ0) is 13.6. The SMILES string of the molecule is [B]C1CC(CP(=O)(OCC)OCC)C(N=[N+]=[N-])C1. The summed E-state index contributed by atoms with van der Waals surface area (Å²) in [5.41, 5.74) is 8.52. The first-order valence-corrected chi connectivity index (χ1v) is 7.95. The van der Waals surface area contributed by atoms with Crippen LogP contribution in [0, 0.1) is 5.92 Å². The number of hydrogen-bond acceptors (Lipinski definition) is 4. The van der Waals surface area contributed by atoms with Gasteiger partial charge in [0.25, 0.3) is 0 Å². The average molecular weight is 271 g/mol. The van der Waals surface area contributed by atoms with Gasteiger partial charge in [-0.3, -0.25) is 4.57 Å². The largest absolute Gasteiger partial charge is 0.330 e. The molecule has 1 aliphatic rings. The monoisotopic (exact) mass is 271 g/mol. The smallest absolute Gasteiger partial charge is 0.309 e. The van der Waals surface area contributed by atoms with Crippen LogP contribution in [0.4, 0.5) is 0 Å². The number of nitrogens with zero attached hydrogens (tertiary/aromatic N) is 3. The van der Waals surface area contributed by atoms with E-state index in [0.717, 1.165) is 0 Å². The van der Waals surface area contributed by atoms with Gasteiger partial charge in [-0.1, -0.05) is 17.4 Å². The lowest BCUT2D eigenvalue weighted by atomic mass is 9.85. The van der Waals surface area contributed by atoms with E-state index in [1.165, 1.54) is 0 Å². The minimum Gasteiger partial charge on any atom is -0.309 e. The fourth-order valence-corrected chi connectivity index (χ4v) is 4.41. The Morgan fingerprint density at radius 3 is 2.50 bits per heavy atom. The van der Waals surface area contributed by atoms with E-state index in [1.54, 1.807) is 13.8 Å². The standard InChI is InChI=1S/C10H19BN3O3P/c1-3-16-18(15,17-4-2)7-8-5-9(11)6-10(8)13-14-12/h8-10H,3-7H2,1-2H3. The Morgan fingerprint density at radius 1 is 1.39 bits per heavy atom. The highest BCUT2D eigenvalue weighted by atomic mass is 31.2. The molecule has 0 N–H and O–H groups in total. The summed E-state index contributed by atoms with van der Waals surface area (Å²) in [5, 5.41) is 3.73. The Labute approximate surface area is 109 Å². The maximum Gasteiger partial charge on any atom is 0.330 e. The van der Waals surface area contributed by atoms with E-state index in [9.17, 15) is 4.57 Å². The molecule has 1 rings (SSSR count). The van der Waals surface area contributed by atoms with E-state index in [4.69, 9.17) is 22.4 Å². The summed E-state index contributed by atoms with van der Waals surface area (Å²) < 4.78 is 22.9. The maximum atomic E-state index is 12.4. The normalized spacial score (nSPS) is 28.0. The van der Waals surface area contributed by atoms with Crippen LogP contribution in [0.25, 0.3) is 10.4 Å². The molecule has 1 aliphatic carbocycles. The van der Waals surface area contributed by atoms with E-state index in [2.05, 4.69) is 10.0 Å². The predicted molar refractivity (Wildman–Crippen MR) is 70.9 cm³/mol. The van der Waals surface area contributed by atoms with Gasteiger partial charge in [-0.05, 0) is 31.7 Å². The molecule has 2 radical (unpaired) electrons. The molecule has 0 saturated heterocycles. The third-order valence-corrected chi connectivity index (χ3v) is 5.22. The lowest BCUT2D eigenvalue weighted by Crippen LogP contribution is -2.17. The van der Waals surface area contributed by atoms with Crippen molar-refractivity contribution in [1.29, 1.82) is 0 Å². The van der Waals surface area contributed by atoms with Gasteiger partial charge in [0.2, 0.25) is 0 Å². The second kappa shape index (κ2) is 7.20. The van der Waals surface area contributed by atoms with E-state index in [-0.39, 0.29) is 23.9 Å². The van der Waals surface area contributed by atoms with Crippen molar-refractivity contribution in [3.05, 3.63) is 10.4 Å². The van der Waals surface area contributed by atoms with Crippen molar-refractivity contribution in [2.24, 2.45) is 11.0 Å². The molecule has 0 aromatic rings. The highest BCUT2D eigenvalue weighted by Gasteiger charge is 2.37. The van der Waals surface area contributed by atoms with Crippen molar-refractivity contribution in [2.75, 3.05) is 19.4 Å². The Kier molecular flexibility index (Phi) is 6.23. The minimum atomic E-state index is -3.09. The molecule has 18 heavy (non-hydrogen) atoms. The summed E-state index contributed by atoms with van der Waals surface area (Å²) in [4.78, 5) is 2.82. The zero-order valence-corrected chi connectivity index (χ0v) is 11.8. The lowest BCUT2D eigenvalue weighted by Gasteiger charge is -2.22. The number of rotatable bonds is 7. The van der Waals surface area contributed by atoms with Crippen molar-refractivity contribution < 1.29 is 13.6 Å². The maximum absolute atomic E-state index is 12.4. The topological polar surface area (TPSA) is 84.3 Å². The predicted octanol–water partition coefficient (Wildman–Crippen LogP) is 3.30. The molecule has 0 heterocycles. The summed E-state index contributed by atoms with van der Waals surface area (Å²) in [6.07, 6.45) is 1.59. The van der Waals surface area contributed by atoms with Gasteiger partial charge in [-0.15, -0.1) is 0 Å². The fourth-order valence-electron chi connectivity index (χ4n) is 2.37. The summed E-state index contributed by atoms with van der Waals surface area (Å²) in [5.74, 6) is -0.0398.